The third-order valence-corrected chi connectivity index (χ3v) is 3.93. The lowest BCUT2D eigenvalue weighted by Gasteiger charge is -2.23. The molecule has 0 aliphatic heterocycles. The van der Waals surface area contributed by atoms with Gasteiger partial charge in [-0.1, -0.05) is 43.0 Å². The van der Waals surface area contributed by atoms with E-state index in [-0.39, 0.29) is 5.41 Å². The maximum atomic E-state index is 6.01. The molecule has 0 saturated carbocycles. The van der Waals surface area contributed by atoms with Gasteiger partial charge in [-0.3, -0.25) is 0 Å². The summed E-state index contributed by atoms with van der Waals surface area (Å²) in [5, 5.41) is 8.39. The average Bonchev–Trinajstić information content (AvgIpc) is 2.84. The van der Waals surface area contributed by atoms with Gasteiger partial charge in [-0.05, 0) is 30.9 Å². The van der Waals surface area contributed by atoms with Gasteiger partial charge in [-0.15, -0.1) is 5.10 Å². The Morgan fingerprint density at radius 1 is 1.29 bits per heavy atom. The summed E-state index contributed by atoms with van der Waals surface area (Å²) in [5.74, 6) is 0.920. The minimum atomic E-state index is 0.0478. The van der Waals surface area contributed by atoms with E-state index in [0.717, 1.165) is 23.0 Å². The summed E-state index contributed by atoms with van der Waals surface area (Å²) in [6, 6.07) is 6.32. The first kappa shape index (κ1) is 15.8. The van der Waals surface area contributed by atoms with Gasteiger partial charge in [0.05, 0.1) is 0 Å². The maximum absolute atomic E-state index is 6.01. The van der Waals surface area contributed by atoms with E-state index in [1.54, 1.807) is 0 Å². The van der Waals surface area contributed by atoms with Crippen molar-refractivity contribution in [3.05, 3.63) is 35.0 Å². The minimum absolute atomic E-state index is 0.0478. The van der Waals surface area contributed by atoms with Gasteiger partial charge in [0.25, 0.3) is 0 Å². The molecule has 0 aliphatic rings. The molecule has 0 unspecified atom stereocenters. The summed E-state index contributed by atoms with van der Waals surface area (Å²) < 4.78 is 10.0. The second-order valence-electron chi connectivity index (χ2n) is 6.12. The van der Waals surface area contributed by atoms with E-state index in [4.69, 9.17) is 4.74 Å². The molecule has 0 amide bonds. The van der Waals surface area contributed by atoms with Crippen LogP contribution in [0.25, 0.3) is 0 Å². The van der Waals surface area contributed by atoms with Crippen molar-refractivity contribution in [2.45, 2.75) is 46.6 Å². The molecular weight excluding hydrogens is 282 g/mol. The maximum Gasteiger partial charge on any atom is 0.136 e. The van der Waals surface area contributed by atoms with Crippen molar-refractivity contribution in [3.63, 3.8) is 0 Å². The fourth-order valence-electron chi connectivity index (χ4n) is 2.10. The highest BCUT2D eigenvalue weighted by Crippen LogP contribution is 2.33. The SMILES string of the molecule is CCNc1snnc1COc1ccc(C)cc1C(C)(C)C. The van der Waals surface area contributed by atoms with Gasteiger partial charge in [0, 0.05) is 18.1 Å². The van der Waals surface area contributed by atoms with Crippen LogP contribution in [0.4, 0.5) is 5.00 Å². The molecule has 0 atom stereocenters. The first-order chi connectivity index (χ1) is 9.91. The predicted molar refractivity (Wildman–Crippen MR) is 88.3 cm³/mol. The molecule has 0 aliphatic carbocycles. The molecule has 0 fully saturated rings. The number of hydrogen-bond donors (Lipinski definition) is 1. The van der Waals surface area contributed by atoms with E-state index in [0.29, 0.717) is 6.61 Å². The number of benzene rings is 1. The summed E-state index contributed by atoms with van der Waals surface area (Å²) >= 11 is 1.37. The summed E-state index contributed by atoms with van der Waals surface area (Å²) in [4.78, 5) is 0. The molecule has 2 aromatic rings. The van der Waals surface area contributed by atoms with Crippen LogP contribution < -0.4 is 10.1 Å². The normalized spacial score (nSPS) is 11.5. The van der Waals surface area contributed by atoms with Gasteiger partial charge in [0.1, 0.15) is 23.1 Å². The fourth-order valence-corrected chi connectivity index (χ4v) is 2.73. The van der Waals surface area contributed by atoms with Crippen molar-refractivity contribution < 1.29 is 4.74 Å². The molecular formula is C16H23N3OS. The van der Waals surface area contributed by atoms with E-state index in [1.165, 1.54) is 22.7 Å². The molecule has 1 heterocycles. The van der Waals surface area contributed by atoms with Gasteiger partial charge >= 0.3 is 0 Å². The molecule has 2 rings (SSSR count). The Labute approximate surface area is 130 Å². The topological polar surface area (TPSA) is 47.0 Å². The second kappa shape index (κ2) is 6.43. The van der Waals surface area contributed by atoms with Crippen LogP contribution in [0.1, 0.15) is 44.5 Å². The Kier molecular flexibility index (Phi) is 4.83. The first-order valence-corrected chi connectivity index (χ1v) is 7.98. The molecule has 0 saturated heterocycles. The molecule has 0 radical (unpaired) electrons. The van der Waals surface area contributed by atoms with Gasteiger partial charge in [-0.2, -0.15) is 0 Å². The summed E-state index contributed by atoms with van der Waals surface area (Å²) in [6.07, 6.45) is 0. The third kappa shape index (κ3) is 3.94. The number of nitrogens with zero attached hydrogens (tertiary/aromatic N) is 2. The van der Waals surface area contributed by atoms with Crippen LogP contribution in [0.5, 0.6) is 5.75 Å². The number of rotatable bonds is 5. The molecule has 1 N–H and O–H groups in total. The average molecular weight is 305 g/mol. The van der Waals surface area contributed by atoms with Crippen molar-refractivity contribution in [3.8, 4) is 5.75 Å². The Balaban J connectivity index is 2.18. The van der Waals surface area contributed by atoms with Crippen LogP contribution in [-0.4, -0.2) is 16.1 Å². The predicted octanol–water partition coefficient (Wildman–Crippen LogP) is 4.15. The highest BCUT2D eigenvalue weighted by molar-refractivity contribution is 7.10. The monoisotopic (exact) mass is 305 g/mol. The lowest BCUT2D eigenvalue weighted by Crippen LogP contribution is -2.14. The van der Waals surface area contributed by atoms with Crippen LogP contribution in [0.15, 0.2) is 18.2 Å². The zero-order valence-corrected chi connectivity index (χ0v) is 14.2. The Morgan fingerprint density at radius 2 is 2.05 bits per heavy atom. The zero-order valence-electron chi connectivity index (χ0n) is 13.4. The lowest BCUT2D eigenvalue weighted by atomic mass is 9.85. The number of nitrogens with one attached hydrogen (secondary N) is 1. The van der Waals surface area contributed by atoms with Gasteiger partial charge in [0.2, 0.25) is 0 Å². The first-order valence-electron chi connectivity index (χ1n) is 7.21. The number of ether oxygens (including phenoxy) is 1. The van der Waals surface area contributed by atoms with Crippen LogP contribution in [-0.2, 0) is 12.0 Å². The van der Waals surface area contributed by atoms with Crippen molar-refractivity contribution in [2.75, 3.05) is 11.9 Å². The smallest absolute Gasteiger partial charge is 0.136 e. The van der Waals surface area contributed by atoms with Crippen LogP contribution in [0.3, 0.4) is 0 Å². The fraction of sp³-hybridized carbons (Fsp3) is 0.500. The molecule has 1 aromatic carbocycles. The van der Waals surface area contributed by atoms with E-state index >= 15 is 0 Å². The molecule has 0 spiro atoms. The molecule has 114 valence electrons. The van der Waals surface area contributed by atoms with Gasteiger partial charge < -0.3 is 10.1 Å². The molecule has 0 bridgehead atoms. The standard InChI is InChI=1S/C16H23N3OS/c1-6-17-15-13(18-19-21-15)10-20-14-8-7-11(2)9-12(14)16(3,4)5/h7-9,17H,6,10H2,1-5H3. The van der Waals surface area contributed by atoms with Crippen LogP contribution in [0, 0.1) is 6.92 Å². The van der Waals surface area contributed by atoms with E-state index in [1.807, 2.05) is 6.07 Å². The summed E-state index contributed by atoms with van der Waals surface area (Å²) in [6.45, 7) is 12.0. The third-order valence-electron chi connectivity index (χ3n) is 3.20. The Hall–Kier alpha value is -1.62. The lowest BCUT2D eigenvalue weighted by molar-refractivity contribution is 0.293. The molecule has 4 nitrogen and oxygen atoms in total. The molecule has 21 heavy (non-hydrogen) atoms. The quantitative estimate of drug-likeness (QED) is 0.901. The number of anilines is 1. The van der Waals surface area contributed by atoms with Crippen molar-refractivity contribution >= 4 is 16.5 Å². The Morgan fingerprint density at radius 3 is 2.71 bits per heavy atom. The highest BCUT2D eigenvalue weighted by Gasteiger charge is 2.19. The van der Waals surface area contributed by atoms with Crippen LogP contribution >= 0.6 is 11.5 Å². The minimum Gasteiger partial charge on any atom is -0.487 e. The zero-order chi connectivity index (χ0) is 15.5. The number of aryl methyl sites for hydroxylation is 1. The highest BCUT2D eigenvalue weighted by atomic mass is 32.1. The molecule has 1 aromatic heterocycles. The van der Waals surface area contributed by atoms with Gasteiger partial charge in [-0.25, -0.2) is 0 Å². The second-order valence-corrected chi connectivity index (χ2v) is 6.87. The van der Waals surface area contributed by atoms with E-state index in [2.05, 4.69) is 61.7 Å². The number of aromatic nitrogens is 2. The van der Waals surface area contributed by atoms with E-state index in [9.17, 15) is 0 Å². The van der Waals surface area contributed by atoms with Crippen molar-refractivity contribution in [1.82, 2.24) is 9.59 Å². The number of hydrogen-bond acceptors (Lipinski definition) is 5. The summed E-state index contributed by atoms with van der Waals surface area (Å²) in [7, 11) is 0. The van der Waals surface area contributed by atoms with Crippen molar-refractivity contribution in [2.24, 2.45) is 0 Å². The molecule has 5 heteroatoms. The summed E-state index contributed by atoms with van der Waals surface area (Å²) in [5.41, 5.74) is 3.38. The van der Waals surface area contributed by atoms with Crippen molar-refractivity contribution in [1.29, 1.82) is 0 Å². The largest absolute Gasteiger partial charge is 0.487 e. The van der Waals surface area contributed by atoms with E-state index < -0.39 is 0 Å². The Bertz CT molecular complexity index is 602. The van der Waals surface area contributed by atoms with Gasteiger partial charge in [0.15, 0.2) is 0 Å². The van der Waals surface area contributed by atoms with Crippen LogP contribution in [0.2, 0.25) is 0 Å².